The predicted octanol–water partition coefficient (Wildman–Crippen LogP) is 2.18. The molecule has 1 aliphatic heterocycles. The standard InChI is InChI=1S/C14H19FN2O/c1-2-17(13-8-4-3-7-12(13)15)14(18)11-6-5-9-16-10-11/h3-4,7-8,11,16H,2,5-6,9-10H2,1H3/t11-/m1/s1. The number of hydrogen-bond donors (Lipinski definition) is 1. The van der Waals surface area contributed by atoms with Gasteiger partial charge < -0.3 is 10.2 Å². The number of nitrogens with one attached hydrogen (secondary N) is 1. The molecule has 1 aliphatic rings. The van der Waals surface area contributed by atoms with Gasteiger partial charge in [-0.1, -0.05) is 12.1 Å². The van der Waals surface area contributed by atoms with Gasteiger partial charge in [0.25, 0.3) is 0 Å². The second-order valence-corrected chi connectivity index (χ2v) is 4.58. The summed E-state index contributed by atoms with van der Waals surface area (Å²) in [5.41, 5.74) is 0.385. The van der Waals surface area contributed by atoms with Crippen LogP contribution in [0.3, 0.4) is 0 Å². The lowest BCUT2D eigenvalue weighted by Gasteiger charge is -2.29. The first-order chi connectivity index (χ1) is 8.74. The van der Waals surface area contributed by atoms with Gasteiger partial charge in [-0.2, -0.15) is 0 Å². The number of nitrogens with zero attached hydrogens (tertiary/aromatic N) is 1. The van der Waals surface area contributed by atoms with Gasteiger partial charge in [0.15, 0.2) is 0 Å². The quantitative estimate of drug-likeness (QED) is 0.891. The molecule has 1 heterocycles. The molecule has 0 unspecified atom stereocenters. The van der Waals surface area contributed by atoms with Crippen LogP contribution in [0.1, 0.15) is 19.8 Å². The van der Waals surface area contributed by atoms with E-state index in [9.17, 15) is 9.18 Å². The molecule has 98 valence electrons. The Kier molecular flexibility index (Phi) is 4.31. The van der Waals surface area contributed by atoms with Crippen molar-refractivity contribution in [3.63, 3.8) is 0 Å². The highest BCUT2D eigenvalue weighted by Gasteiger charge is 2.27. The summed E-state index contributed by atoms with van der Waals surface area (Å²) in [6.07, 6.45) is 1.89. The number of amides is 1. The molecule has 0 saturated carbocycles. The molecule has 1 amide bonds. The number of carbonyl (C=O) groups is 1. The fourth-order valence-corrected chi connectivity index (χ4v) is 2.40. The molecule has 1 aromatic carbocycles. The molecule has 1 N–H and O–H groups in total. The highest BCUT2D eigenvalue weighted by molar-refractivity contribution is 5.95. The summed E-state index contributed by atoms with van der Waals surface area (Å²) in [5.74, 6) is -0.343. The molecule has 0 aliphatic carbocycles. The number of carbonyl (C=O) groups excluding carboxylic acids is 1. The van der Waals surface area contributed by atoms with E-state index in [0.29, 0.717) is 18.8 Å². The topological polar surface area (TPSA) is 32.3 Å². The molecular weight excluding hydrogens is 231 g/mol. The Hall–Kier alpha value is -1.42. The number of benzene rings is 1. The number of halogens is 1. The third-order valence-electron chi connectivity index (χ3n) is 3.37. The summed E-state index contributed by atoms with van der Waals surface area (Å²) < 4.78 is 13.7. The van der Waals surface area contributed by atoms with Crippen LogP contribution in [0.4, 0.5) is 10.1 Å². The van der Waals surface area contributed by atoms with Gasteiger partial charge in [-0.15, -0.1) is 0 Å². The lowest BCUT2D eigenvalue weighted by molar-refractivity contribution is -0.122. The molecule has 18 heavy (non-hydrogen) atoms. The first-order valence-electron chi connectivity index (χ1n) is 6.50. The molecule has 2 rings (SSSR count). The Morgan fingerprint density at radius 2 is 2.28 bits per heavy atom. The van der Waals surface area contributed by atoms with Crippen molar-refractivity contribution in [3.8, 4) is 0 Å². The number of anilines is 1. The molecular formula is C14H19FN2O. The van der Waals surface area contributed by atoms with E-state index in [1.54, 1.807) is 23.1 Å². The molecule has 3 nitrogen and oxygen atoms in total. The monoisotopic (exact) mass is 250 g/mol. The Morgan fingerprint density at radius 3 is 2.89 bits per heavy atom. The highest BCUT2D eigenvalue weighted by Crippen LogP contribution is 2.22. The van der Waals surface area contributed by atoms with Gasteiger partial charge in [-0.05, 0) is 38.4 Å². The third-order valence-corrected chi connectivity index (χ3v) is 3.37. The second kappa shape index (κ2) is 5.96. The van der Waals surface area contributed by atoms with Crippen molar-refractivity contribution in [1.82, 2.24) is 5.32 Å². The van der Waals surface area contributed by atoms with E-state index >= 15 is 0 Å². The maximum Gasteiger partial charge on any atom is 0.231 e. The summed E-state index contributed by atoms with van der Waals surface area (Å²) in [7, 11) is 0. The Labute approximate surface area is 107 Å². The fourth-order valence-electron chi connectivity index (χ4n) is 2.40. The summed E-state index contributed by atoms with van der Waals surface area (Å²) in [6.45, 7) is 4.04. The summed E-state index contributed by atoms with van der Waals surface area (Å²) in [4.78, 5) is 13.9. The van der Waals surface area contributed by atoms with Crippen LogP contribution in [-0.4, -0.2) is 25.5 Å². The normalized spacial score (nSPS) is 19.6. The molecule has 1 saturated heterocycles. The average molecular weight is 250 g/mol. The Morgan fingerprint density at radius 1 is 1.50 bits per heavy atom. The minimum absolute atomic E-state index is 0.0230. The van der Waals surface area contributed by atoms with Crippen LogP contribution in [0.15, 0.2) is 24.3 Å². The first-order valence-corrected chi connectivity index (χ1v) is 6.50. The molecule has 1 fully saturated rings. The van der Waals surface area contributed by atoms with Gasteiger partial charge in [0, 0.05) is 13.1 Å². The minimum atomic E-state index is -0.337. The third kappa shape index (κ3) is 2.70. The van der Waals surface area contributed by atoms with Crippen LogP contribution in [0, 0.1) is 11.7 Å². The van der Waals surface area contributed by atoms with Crippen molar-refractivity contribution >= 4 is 11.6 Å². The van der Waals surface area contributed by atoms with Crippen LogP contribution < -0.4 is 10.2 Å². The van der Waals surface area contributed by atoms with Crippen molar-refractivity contribution in [3.05, 3.63) is 30.1 Å². The van der Waals surface area contributed by atoms with Crippen molar-refractivity contribution < 1.29 is 9.18 Å². The number of piperidine rings is 1. The van der Waals surface area contributed by atoms with E-state index in [2.05, 4.69) is 5.32 Å². The highest BCUT2D eigenvalue weighted by atomic mass is 19.1. The Bertz CT molecular complexity index is 416. The van der Waals surface area contributed by atoms with Gasteiger partial charge in [-0.25, -0.2) is 4.39 Å². The van der Waals surface area contributed by atoms with Crippen molar-refractivity contribution in [1.29, 1.82) is 0 Å². The van der Waals surface area contributed by atoms with E-state index in [1.807, 2.05) is 6.92 Å². The number of rotatable bonds is 3. The fraction of sp³-hybridized carbons (Fsp3) is 0.500. The molecule has 0 bridgehead atoms. The van der Waals surface area contributed by atoms with Crippen LogP contribution in [0.2, 0.25) is 0 Å². The Balaban J connectivity index is 2.17. The van der Waals surface area contributed by atoms with Crippen molar-refractivity contribution in [2.75, 3.05) is 24.5 Å². The van der Waals surface area contributed by atoms with Crippen LogP contribution in [0.5, 0.6) is 0 Å². The van der Waals surface area contributed by atoms with Gasteiger partial charge in [0.1, 0.15) is 5.82 Å². The summed E-state index contributed by atoms with van der Waals surface area (Å²) >= 11 is 0. The van der Waals surface area contributed by atoms with E-state index in [4.69, 9.17) is 0 Å². The van der Waals surface area contributed by atoms with E-state index < -0.39 is 0 Å². The van der Waals surface area contributed by atoms with Crippen LogP contribution in [0.25, 0.3) is 0 Å². The smallest absolute Gasteiger partial charge is 0.231 e. The maximum absolute atomic E-state index is 13.7. The van der Waals surface area contributed by atoms with Crippen LogP contribution >= 0.6 is 0 Å². The van der Waals surface area contributed by atoms with Crippen molar-refractivity contribution in [2.45, 2.75) is 19.8 Å². The lowest BCUT2D eigenvalue weighted by atomic mass is 9.98. The largest absolute Gasteiger partial charge is 0.316 e. The summed E-state index contributed by atoms with van der Waals surface area (Å²) in [5, 5.41) is 3.22. The van der Waals surface area contributed by atoms with Gasteiger partial charge in [0.05, 0.1) is 11.6 Å². The molecule has 1 aromatic rings. The molecule has 4 heteroatoms. The molecule has 1 atom stereocenters. The van der Waals surface area contributed by atoms with Gasteiger partial charge >= 0.3 is 0 Å². The summed E-state index contributed by atoms with van der Waals surface area (Å²) in [6, 6.07) is 6.45. The minimum Gasteiger partial charge on any atom is -0.316 e. The second-order valence-electron chi connectivity index (χ2n) is 4.58. The lowest BCUT2D eigenvalue weighted by Crippen LogP contribution is -2.43. The zero-order valence-corrected chi connectivity index (χ0v) is 10.7. The average Bonchev–Trinajstić information content (AvgIpc) is 2.42. The van der Waals surface area contributed by atoms with E-state index in [-0.39, 0.29) is 17.6 Å². The molecule has 0 aromatic heterocycles. The first kappa shape index (κ1) is 13.0. The van der Waals surface area contributed by atoms with Gasteiger partial charge in [-0.3, -0.25) is 4.79 Å². The molecule has 0 spiro atoms. The van der Waals surface area contributed by atoms with Gasteiger partial charge in [0.2, 0.25) is 5.91 Å². The molecule has 0 radical (unpaired) electrons. The number of hydrogen-bond acceptors (Lipinski definition) is 2. The zero-order valence-electron chi connectivity index (χ0n) is 10.7. The maximum atomic E-state index is 13.7. The van der Waals surface area contributed by atoms with E-state index in [1.165, 1.54) is 6.07 Å². The van der Waals surface area contributed by atoms with Crippen LogP contribution in [-0.2, 0) is 4.79 Å². The SMILES string of the molecule is CCN(C(=O)[C@@H]1CCCNC1)c1ccccc1F. The number of para-hydroxylation sites is 1. The van der Waals surface area contributed by atoms with E-state index in [0.717, 1.165) is 19.4 Å². The predicted molar refractivity (Wildman–Crippen MR) is 70.0 cm³/mol. The zero-order chi connectivity index (χ0) is 13.0. The van der Waals surface area contributed by atoms with Crippen molar-refractivity contribution in [2.24, 2.45) is 5.92 Å².